The second-order valence-corrected chi connectivity index (χ2v) is 14.1. The third-order valence-corrected chi connectivity index (χ3v) is 9.35. The number of nitrogens with zero attached hydrogens (tertiary/aromatic N) is 8. The van der Waals surface area contributed by atoms with Crippen LogP contribution in [-0.2, 0) is 60.7 Å². The van der Waals surface area contributed by atoms with E-state index in [4.69, 9.17) is 5.41 Å². The Balaban J connectivity index is 0.000000324. The van der Waals surface area contributed by atoms with Crippen molar-refractivity contribution in [2.75, 3.05) is 0 Å². The van der Waals surface area contributed by atoms with E-state index in [1.165, 1.54) is 60.7 Å². The third kappa shape index (κ3) is 18.3. The van der Waals surface area contributed by atoms with Gasteiger partial charge in [-0.15, -0.1) is 11.3 Å². The maximum atomic E-state index is 12.7. The van der Waals surface area contributed by atoms with Crippen molar-refractivity contribution in [3.05, 3.63) is 141 Å². The van der Waals surface area contributed by atoms with Gasteiger partial charge in [-0.3, -0.25) is 24.4 Å². The second-order valence-electron chi connectivity index (χ2n) is 12.7. The van der Waals surface area contributed by atoms with E-state index in [1.807, 2.05) is 12.2 Å². The molecule has 0 saturated heterocycles. The number of hydrogen-bond acceptors (Lipinski definition) is 14. The van der Waals surface area contributed by atoms with Gasteiger partial charge in [-0.1, -0.05) is 44.1 Å². The molecule has 0 atom stereocenters. The van der Waals surface area contributed by atoms with Crippen LogP contribution >= 0.6 is 23.6 Å². The number of thiocarbonyl (C=S) groups is 1. The van der Waals surface area contributed by atoms with Crippen LogP contribution in [0.15, 0.2) is 98.0 Å². The van der Waals surface area contributed by atoms with Gasteiger partial charge in [0.1, 0.15) is 11.5 Å². The zero-order valence-electron chi connectivity index (χ0n) is 34.2. The molecule has 0 fully saturated rings. The number of hydrogen-bond donors (Lipinski definition) is 0. The quantitative estimate of drug-likeness (QED) is 0.0142. The molecule has 0 aliphatic heterocycles. The number of unbranched alkanes of at least 4 members (excludes halogenated alkanes) is 3. The van der Waals surface area contributed by atoms with Gasteiger partial charge < -0.3 is 29.8 Å². The maximum absolute atomic E-state index is 12.7. The molecule has 65 heavy (non-hydrogen) atoms. The number of aromatic nitrogens is 7. The molecule has 0 bridgehead atoms. The van der Waals surface area contributed by atoms with Gasteiger partial charge in [0.25, 0.3) is 19.4 Å². The minimum Gasteiger partial charge on any atom is -0.753 e. The van der Waals surface area contributed by atoms with Gasteiger partial charge in [0.15, 0.2) is 0 Å². The zero-order valence-corrected chi connectivity index (χ0v) is 37.6. The van der Waals surface area contributed by atoms with E-state index in [9.17, 15) is 27.6 Å². The van der Waals surface area contributed by atoms with Crippen LogP contribution in [-0.4, -0.2) is 54.6 Å². The van der Waals surface area contributed by atoms with Gasteiger partial charge in [-0.2, -0.15) is 18.3 Å². The van der Waals surface area contributed by atoms with Crippen molar-refractivity contribution in [2.24, 2.45) is 0 Å². The fraction of sp³-hybridized carbons (Fsp3) is 0.156. The average molecular weight is 1010 g/mol. The van der Waals surface area contributed by atoms with Crippen LogP contribution in [0, 0.1) is 0 Å². The Hall–Kier alpha value is -6.98. The summed E-state index contributed by atoms with van der Waals surface area (Å²) in [4.78, 5) is 55.3. The zero-order chi connectivity index (χ0) is 46.0. The van der Waals surface area contributed by atoms with Crippen molar-refractivity contribution in [2.45, 2.75) is 45.2 Å². The topological polar surface area (TPSA) is 193 Å². The minimum absolute atomic E-state index is 0. The Morgan fingerprint density at radius 2 is 1.26 bits per heavy atom. The minimum atomic E-state index is -4.53. The predicted molar refractivity (Wildman–Crippen MR) is 240 cm³/mol. The van der Waals surface area contributed by atoms with Crippen LogP contribution in [0.3, 0.4) is 0 Å². The molecule has 6 aromatic rings. The first-order valence-electron chi connectivity index (χ1n) is 19.0. The molecule has 0 spiro atoms. The number of halogens is 3. The van der Waals surface area contributed by atoms with E-state index in [2.05, 4.69) is 80.6 Å². The Labute approximate surface area is 393 Å². The molecule has 334 valence electrons. The van der Waals surface area contributed by atoms with Crippen LogP contribution in [0.2, 0.25) is 0 Å². The molecule has 0 radical (unpaired) electrons. The van der Waals surface area contributed by atoms with Gasteiger partial charge in [0.05, 0.1) is 47.3 Å². The van der Waals surface area contributed by atoms with Gasteiger partial charge in [-0.05, 0) is 121 Å². The summed E-state index contributed by atoms with van der Waals surface area (Å²) in [5, 5.41) is 15.2. The van der Waals surface area contributed by atoms with E-state index in [-0.39, 0.29) is 31.0 Å². The van der Waals surface area contributed by atoms with Crippen molar-refractivity contribution in [1.82, 2.24) is 35.1 Å². The summed E-state index contributed by atoms with van der Waals surface area (Å²) in [6.45, 7) is 3.17. The van der Waals surface area contributed by atoms with Crippen molar-refractivity contribution < 1.29 is 61.2 Å². The molecule has 0 amide bonds. The number of aryl methyl sites for hydroxylation is 1. The first-order valence-corrected chi connectivity index (χ1v) is 20.2. The van der Waals surface area contributed by atoms with Gasteiger partial charge in [0.2, 0.25) is 0 Å². The van der Waals surface area contributed by atoms with Crippen LogP contribution in [0.4, 0.5) is 13.2 Å². The molecular formula is C45H37F3N8O6RuS2. The summed E-state index contributed by atoms with van der Waals surface area (Å²) in [6, 6.07) is 17.3. The molecule has 0 aromatic carbocycles. The van der Waals surface area contributed by atoms with Crippen molar-refractivity contribution in [1.29, 1.82) is 0 Å². The van der Waals surface area contributed by atoms with Crippen molar-refractivity contribution >= 4 is 78.5 Å². The molecule has 20 heteroatoms. The van der Waals surface area contributed by atoms with Gasteiger partial charge in [-0.25, -0.2) is 15.0 Å². The Morgan fingerprint density at radius 1 is 0.708 bits per heavy atom. The average Bonchev–Trinajstić information content (AvgIpc) is 4.00. The molecule has 14 nitrogen and oxygen atoms in total. The molecule has 0 unspecified atom stereocenters. The fourth-order valence-corrected chi connectivity index (χ4v) is 6.34. The van der Waals surface area contributed by atoms with E-state index in [0.717, 1.165) is 28.5 Å². The monoisotopic (exact) mass is 1010 g/mol. The number of pyridine rings is 3. The summed E-state index contributed by atoms with van der Waals surface area (Å²) in [5.74, 6) is 0.118. The number of ether oxygens (including phenoxy) is 3. The van der Waals surface area contributed by atoms with Crippen molar-refractivity contribution in [3.63, 3.8) is 0 Å². The first kappa shape index (κ1) is 52.4. The van der Waals surface area contributed by atoms with Crippen LogP contribution in [0.5, 0.6) is 0 Å². The Morgan fingerprint density at radius 3 is 1.80 bits per heavy atom. The largest absolute Gasteiger partial charge is 2.00 e. The predicted octanol–water partition coefficient (Wildman–Crippen LogP) is 10.2. The summed E-state index contributed by atoms with van der Waals surface area (Å²) in [7, 11) is 0. The summed E-state index contributed by atoms with van der Waals surface area (Å²) < 4.78 is 51.8. The van der Waals surface area contributed by atoms with E-state index in [1.54, 1.807) is 84.4 Å². The van der Waals surface area contributed by atoms with Crippen LogP contribution in [0.1, 0.15) is 70.4 Å². The first-order chi connectivity index (χ1) is 31.1. The number of isothiocyanates is 1. The molecular weight excluding hydrogens is 971 g/mol. The maximum Gasteiger partial charge on any atom is 2.00 e. The number of alkyl halides is 3. The SMILES string of the molecule is CCCCCCc1ccc(/C=C/c2ccnc(-c3cc(C(F)(F)F)n[n-]3)n2)s1.O=CO/C=C/c1ccnc(-c2cc(/C=C/OC=O)cc(-c3cc(/C=C/OC=O)ccn3)n2)c1.[N-]=C=S.[Ru+2]. The van der Waals surface area contributed by atoms with E-state index < -0.39 is 11.9 Å². The third-order valence-electron chi connectivity index (χ3n) is 8.24. The fourth-order valence-electron chi connectivity index (χ4n) is 5.39. The summed E-state index contributed by atoms with van der Waals surface area (Å²) >= 11 is 5.44. The molecule has 6 rings (SSSR count). The second kappa shape index (κ2) is 28.7. The molecule has 0 saturated carbocycles. The number of carbonyl (C=O) groups excluding carboxylic acids is 3. The molecule has 0 aliphatic carbocycles. The van der Waals surface area contributed by atoms with Crippen LogP contribution in [0.25, 0.3) is 70.1 Å². The molecule has 6 heterocycles. The summed E-state index contributed by atoms with van der Waals surface area (Å²) in [6.07, 6.45) is 18.6. The number of thiophene rings is 1. The Kier molecular flexibility index (Phi) is 23.1. The normalized spacial score (nSPS) is 11.0. The van der Waals surface area contributed by atoms with E-state index in [0.29, 0.717) is 53.4 Å². The number of rotatable bonds is 19. The van der Waals surface area contributed by atoms with Gasteiger partial charge >= 0.3 is 25.7 Å². The van der Waals surface area contributed by atoms with E-state index >= 15 is 0 Å². The molecule has 0 aliphatic rings. The molecule has 0 N–H and O–H groups in total. The summed E-state index contributed by atoms with van der Waals surface area (Å²) in [5.41, 5.74) is 3.94. The van der Waals surface area contributed by atoms with Crippen LogP contribution < -0.4 is 5.10 Å². The standard InChI is InChI=1S/C24H17N3O6.C20H20F3N4S.CNS.Ru/c28-15-31-8-3-18-1-6-25-21(11-18)23-13-20(5-10-33-17-30)14-24(27-23)22-12-19(2-7-26-22)4-9-32-16-29;1-2-3-4-5-6-15-9-10-16(28-15)8-7-14-11-12-24-19(25-14)17-13-18(27-26-17)20(21,22)23;2-1-3;/h1-17H;7-13H,2-6H2,1H3;;/q;2*-1;+2/b8-3+,9-4+,10-5+;8-7+;;. The number of carbonyl (C=O) groups is 3. The molecule has 6 aromatic heterocycles. The van der Waals surface area contributed by atoms with Gasteiger partial charge in [0, 0.05) is 28.3 Å². The Bertz CT molecular complexity index is 2530. The van der Waals surface area contributed by atoms with Crippen molar-refractivity contribution in [3.8, 4) is 34.3 Å². The smallest absolute Gasteiger partial charge is 0.753 e.